The maximum atomic E-state index is 5.45. The summed E-state index contributed by atoms with van der Waals surface area (Å²) in [7, 11) is 1.70. The molecule has 1 heterocycles. The lowest BCUT2D eigenvalue weighted by Gasteiger charge is -2.13. The van der Waals surface area contributed by atoms with Gasteiger partial charge in [0, 0.05) is 6.42 Å². The summed E-state index contributed by atoms with van der Waals surface area (Å²) in [6.45, 7) is 0.839. The second kappa shape index (κ2) is 2.61. The van der Waals surface area contributed by atoms with Crippen molar-refractivity contribution in [2.45, 2.75) is 19.3 Å². The van der Waals surface area contributed by atoms with Crippen molar-refractivity contribution in [2.24, 2.45) is 0 Å². The van der Waals surface area contributed by atoms with Gasteiger partial charge in [-0.05, 0) is 24.5 Å². The van der Waals surface area contributed by atoms with Gasteiger partial charge < -0.3 is 9.47 Å². The minimum absolute atomic E-state index is 0.839. The molecule has 1 aliphatic carbocycles. The highest BCUT2D eigenvalue weighted by molar-refractivity contribution is 5.32. The third-order valence-electron chi connectivity index (χ3n) is 2.19. The highest BCUT2D eigenvalue weighted by atomic mass is 16.5. The molecule has 0 saturated carbocycles. The van der Waals surface area contributed by atoms with E-state index in [1.165, 1.54) is 5.57 Å². The molecule has 0 saturated heterocycles. The van der Waals surface area contributed by atoms with Gasteiger partial charge in [0.15, 0.2) is 11.5 Å². The first-order chi connectivity index (χ1) is 5.42. The molecule has 2 nitrogen and oxygen atoms in total. The highest BCUT2D eigenvalue weighted by Crippen LogP contribution is 2.32. The topological polar surface area (TPSA) is 18.5 Å². The Balaban J connectivity index is 2.27. The molecule has 0 aromatic carbocycles. The van der Waals surface area contributed by atoms with Crippen molar-refractivity contribution in [3.05, 3.63) is 23.2 Å². The number of methoxy groups -OCH3 is 1. The molecule has 2 aliphatic rings. The summed E-state index contributed by atoms with van der Waals surface area (Å²) in [6, 6.07) is 0. The SMILES string of the molecule is COC1=CCCC2=C1OCC2. The van der Waals surface area contributed by atoms with Gasteiger partial charge in [-0.2, -0.15) is 0 Å². The lowest BCUT2D eigenvalue weighted by molar-refractivity contribution is 0.197. The van der Waals surface area contributed by atoms with Gasteiger partial charge >= 0.3 is 0 Å². The molecule has 11 heavy (non-hydrogen) atoms. The van der Waals surface area contributed by atoms with Gasteiger partial charge in [0.25, 0.3) is 0 Å². The summed E-state index contributed by atoms with van der Waals surface area (Å²) in [5.41, 5.74) is 1.43. The Morgan fingerprint density at radius 1 is 1.45 bits per heavy atom. The maximum absolute atomic E-state index is 5.45. The second-order valence-electron chi connectivity index (χ2n) is 2.84. The largest absolute Gasteiger partial charge is 0.493 e. The van der Waals surface area contributed by atoms with Crippen LogP contribution in [-0.2, 0) is 9.47 Å². The van der Waals surface area contributed by atoms with Crippen LogP contribution in [0.3, 0.4) is 0 Å². The van der Waals surface area contributed by atoms with E-state index in [-0.39, 0.29) is 0 Å². The lowest BCUT2D eigenvalue weighted by Crippen LogP contribution is -1.99. The highest BCUT2D eigenvalue weighted by Gasteiger charge is 2.22. The number of hydrogen-bond acceptors (Lipinski definition) is 2. The molecule has 60 valence electrons. The molecule has 0 aromatic heterocycles. The predicted molar refractivity (Wildman–Crippen MR) is 41.9 cm³/mol. The van der Waals surface area contributed by atoms with Crippen molar-refractivity contribution in [1.82, 2.24) is 0 Å². The Hall–Kier alpha value is -0.920. The average molecular weight is 152 g/mol. The summed E-state index contributed by atoms with van der Waals surface area (Å²) in [6.07, 6.45) is 5.45. The van der Waals surface area contributed by atoms with Gasteiger partial charge in [-0.3, -0.25) is 0 Å². The van der Waals surface area contributed by atoms with Crippen LogP contribution >= 0.6 is 0 Å². The van der Waals surface area contributed by atoms with E-state index >= 15 is 0 Å². The molecule has 1 aliphatic heterocycles. The smallest absolute Gasteiger partial charge is 0.160 e. The van der Waals surface area contributed by atoms with E-state index in [0.717, 1.165) is 37.4 Å². The Kier molecular flexibility index (Phi) is 1.60. The second-order valence-corrected chi connectivity index (χ2v) is 2.84. The molecular formula is C9H12O2. The lowest BCUT2D eigenvalue weighted by atomic mass is 10.0. The molecule has 0 spiro atoms. The van der Waals surface area contributed by atoms with Crippen molar-refractivity contribution in [1.29, 1.82) is 0 Å². The molecule has 0 fully saturated rings. The van der Waals surface area contributed by atoms with Crippen LogP contribution in [0.25, 0.3) is 0 Å². The molecule has 2 heteroatoms. The molecule has 0 N–H and O–H groups in total. The van der Waals surface area contributed by atoms with Gasteiger partial charge in [-0.15, -0.1) is 0 Å². The third-order valence-corrected chi connectivity index (χ3v) is 2.19. The van der Waals surface area contributed by atoms with Crippen molar-refractivity contribution in [3.8, 4) is 0 Å². The Morgan fingerprint density at radius 3 is 3.18 bits per heavy atom. The van der Waals surface area contributed by atoms with Crippen LogP contribution < -0.4 is 0 Å². The zero-order valence-corrected chi connectivity index (χ0v) is 6.72. The van der Waals surface area contributed by atoms with E-state index in [1.807, 2.05) is 0 Å². The van der Waals surface area contributed by atoms with E-state index in [1.54, 1.807) is 7.11 Å². The van der Waals surface area contributed by atoms with Crippen molar-refractivity contribution >= 4 is 0 Å². The van der Waals surface area contributed by atoms with Crippen LogP contribution in [0.1, 0.15) is 19.3 Å². The van der Waals surface area contributed by atoms with Crippen LogP contribution in [0.2, 0.25) is 0 Å². The maximum Gasteiger partial charge on any atom is 0.160 e. The van der Waals surface area contributed by atoms with E-state index < -0.39 is 0 Å². The summed E-state index contributed by atoms with van der Waals surface area (Å²) >= 11 is 0. The Labute approximate surface area is 66.5 Å². The normalized spacial score (nSPS) is 22.5. The number of hydrogen-bond donors (Lipinski definition) is 0. The first-order valence-corrected chi connectivity index (χ1v) is 4.01. The van der Waals surface area contributed by atoms with Crippen LogP contribution in [0.15, 0.2) is 23.2 Å². The summed E-state index contributed by atoms with van der Waals surface area (Å²) in [5, 5.41) is 0. The Morgan fingerprint density at radius 2 is 2.36 bits per heavy atom. The third kappa shape index (κ3) is 1.02. The van der Waals surface area contributed by atoms with Gasteiger partial charge in [0.2, 0.25) is 0 Å². The first kappa shape index (κ1) is 6.77. The van der Waals surface area contributed by atoms with E-state index in [0.29, 0.717) is 0 Å². The van der Waals surface area contributed by atoms with Gasteiger partial charge in [0.05, 0.1) is 13.7 Å². The zero-order chi connectivity index (χ0) is 7.68. The fourth-order valence-corrected chi connectivity index (χ4v) is 1.62. The van der Waals surface area contributed by atoms with E-state index in [9.17, 15) is 0 Å². The molecule has 0 unspecified atom stereocenters. The van der Waals surface area contributed by atoms with Crippen LogP contribution in [0, 0.1) is 0 Å². The van der Waals surface area contributed by atoms with Crippen molar-refractivity contribution in [3.63, 3.8) is 0 Å². The monoisotopic (exact) mass is 152 g/mol. The van der Waals surface area contributed by atoms with Crippen LogP contribution in [-0.4, -0.2) is 13.7 Å². The minimum atomic E-state index is 0.839. The molecule has 0 amide bonds. The van der Waals surface area contributed by atoms with Crippen molar-refractivity contribution < 1.29 is 9.47 Å². The Bertz CT molecular complexity index is 226. The average Bonchev–Trinajstić information content (AvgIpc) is 2.50. The van der Waals surface area contributed by atoms with E-state index in [2.05, 4.69) is 6.08 Å². The minimum Gasteiger partial charge on any atom is -0.493 e. The van der Waals surface area contributed by atoms with Gasteiger partial charge in [-0.1, -0.05) is 0 Å². The molecular weight excluding hydrogens is 140 g/mol. The molecule has 0 bridgehead atoms. The predicted octanol–water partition coefficient (Wildman–Crippen LogP) is 1.98. The van der Waals surface area contributed by atoms with Gasteiger partial charge in [-0.25, -0.2) is 0 Å². The fraction of sp³-hybridized carbons (Fsp3) is 0.556. The zero-order valence-electron chi connectivity index (χ0n) is 6.72. The van der Waals surface area contributed by atoms with Crippen molar-refractivity contribution in [2.75, 3.05) is 13.7 Å². The fourth-order valence-electron chi connectivity index (χ4n) is 1.62. The quantitative estimate of drug-likeness (QED) is 0.572. The number of rotatable bonds is 1. The molecule has 2 rings (SSSR count). The first-order valence-electron chi connectivity index (χ1n) is 4.01. The van der Waals surface area contributed by atoms with Gasteiger partial charge in [0.1, 0.15) is 0 Å². The molecule has 0 atom stereocenters. The summed E-state index contributed by atoms with van der Waals surface area (Å²) in [4.78, 5) is 0. The van der Waals surface area contributed by atoms with E-state index in [4.69, 9.17) is 9.47 Å². The van der Waals surface area contributed by atoms with Crippen LogP contribution in [0.5, 0.6) is 0 Å². The standard InChI is InChI=1S/C9H12O2/c1-10-8-4-2-3-7-5-6-11-9(7)8/h4H,2-3,5-6H2,1H3. The summed E-state index contributed by atoms with van der Waals surface area (Å²) < 4.78 is 10.6. The summed E-state index contributed by atoms with van der Waals surface area (Å²) in [5.74, 6) is 1.95. The molecule has 0 radical (unpaired) electrons. The molecule has 0 aromatic rings. The number of ether oxygens (including phenoxy) is 2. The van der Waals surface area contributed by atoms with Crippen LogP contribution in [0.4, 0.5) is 0 Å². The number of allylic oxidation sites excluding steroid dienone is 1.